The number of benzene rings is 1. The molecule has 3 nitrogen and oxygen atoms in total. The quantitative estimate of drug-likeness (QED) is 0.781. The predicted molar refractivity (Wildman–Crippen MR) is 60.5 cm³/mol. The minimum absolute atomic E-state index is 0.296. The van der Waals surface area contributed by atoms with E-state index < -0.39 is 0 Å². The highest BCUT2D eigenvalue weighted by atomic mass is 35.5. The number of para-hydroxylation sites is 1. The Morgan fingerprint density at radius 2 is 1.80 bits per heavy atom. The average molecular weight is 222 g/mol. The Labute approximate surface area is 93.7 Å². The van der Waals surface area contributed by atoms with Crippen LogP contribution in [0.1, 0.15) is 25.6 Å². The number of hydrogen-bond acceptors (Lipinski definition) is 2. The molecule has 78 valence electrons. The van der Waals surface area contributed by atoms with E-state index in [2.05, 4.69) is 24.0 Å². The van der Waals surface area contributed by atoms with E-state index in [0.717, 1.165) is 11.5 Å². The van der Waals surface area contributed by atoms with E-state index in [-0.39, 0.29) is 0 Å². The number of rotatable bonds is 2. The van der Waals surface area contributed by atoms with E-state index in [1.807, 2.05) is 34.9 Å². The SMILES string of the molecule is CC(C)c1nnc(Cl)n1-c1ccccc1. The van der Waals surface area contributed by atoms with Gasteiger partial charge in [-0.05, 0) is 23.7 Å². The summed E-state index contributed by atoms with van der Waals surface area (Å²) in [4.78, 5) is 0. The van der Waals surface area contributed by atoms with Crippen molar-refractivity contribution in [3.8, 4) is 5.69 Å². The van der Waals surface area contributed by atoms with Gasteiger partial charge in [-0.15, -0.1) is 10.2 Å². The number of halogens is 1. The van der Waals surface area contributed by atoms with Gasteiger partial charge in [-0.3, -0.25) is 4.57 Å². The Morgan fingerprint density at radius 1 is 1.13 bits per heavy atom. The van der Waals surface area contributed by atoms with Gasteiger partial charge in [-0.2, -0.15) is 0 Å². The van der Waals surface area contributed by atoms with E-state index in [1.54, 1.807) is 0 Å². The molecule has 0 amide bonds. The van der Waals surface area contributed by atoms with Gasteiger partial charge >= 0.3 is 0 Å². The molecule has 0 N–H and O–H groups in total. The minimum atomic E-state index is 0.296. The zero-order valence-electron chi connectivity index (χ0n) is 8.68. The van der Waals surface area contributed by atoms with Crippen LogP contribution >= 0.6 is 11.6 Å². The van der Waals surface area contributed by atoms with Crippen LogP contribution in [0.2, 0.25) is 5.28 Å². The summed E-state index contributed by atoms with van der Waals surface area (Å²) in [5.41, 5.74) is 0.996. The lowest BCUT2D eigenvalue weighted by Crippen LogP contribution is -2.02. The summed E-state index contributed by atoms with van der Waals surface area (Å²) in [6, 6.07) is 9.88. The third-order valence-corrected chi connectivity index (χ3v) is 2.42. The van der Waals surface area contributed by atoms with E-state index in [9.17, 15) is 0 Å². The Balaban J connectivity index is 2.57. The molecule has 0 saturated carbocycles. The summed E-state index contributed by atoms with van der Waals surface area (Å²) in [5.74, 6) is 1.18. The molecular formula is C11H12ClN3. The molecule has 2 aromatic rings. The second-order valence-corrected chi connectivity index (χ2v) is 3.99. The molecule has 0 radical (unpaired) electrons. The zero-order valence-corrected chi connectivity index (χ0v) is 9.44. The van der Waals surface area contributed by atoms with Crippen molar-refractivity contribution < 1.29 is 0 Å². The van der Waals surface area contributed by atoms with Gasteiger partial charge in [0.25, 0.3) is 0 Å². The first-order valence-electron chi connectivity index (χ1n) is 4.86. The lowest BCUT2D eigenvalue weighted by Gasteiger charge is -2.09. The van der Waals surface area contributed by atoms with E-state index >= 15 is 0 Å². The number of hydrogen-bond donors (Lipinski definition) is 0. The van der Waals surface area contributed by atoms with E-state index in [1.165, 1.54) is 0 Å². The maximum atomic E-state index is 6.01. The Hall–Kier alpha value is -1.35. The molecule has 1 aromatic heterocycles. The standard InChI is InChI=1S/C11H12ClN3/c1-8(2)10-13-14-11(12)15(10)9-6-4-3-5-7-9/h3-8H,1-2H3. The lowest BCUT2D eigenvalue weighted by atomic mass is 10.2. The van der Waals surface area contributed by atoms with Crippen LogP contribution < -0.4 is 0 Å². The first kappa shape index (κ1) is 10.2. The summed E-state index contributed by atoms with van der Waals surface area (Å²) >= 11 is 6.01. The fourth-order valence-electron chi connectivity index (χ4n) is 1.47. The van der Waals surface area contributed by atoms with Crippen LogP contribution in [0.4, 0.5) is 0 Å². The van der Waals surface area contributed by atoms with Crippen molar-refractivity contribution in [1.29, 1.82) is 0 Å². The molecule has 0 aliphatic rings. The van der Waals surface area contributed by atoms with Crippen LogP contribution in [-0.4, -0.2) is 14.8 Å². The second kappa shape index (κ2) is 4.03. The largest absolute Gasteiger partial charge is 0.270 e. The molecule has 0 fully saturated rings. The molecule has 0 spiro atoms. The molecule has 2 rings (SSSR count). The van der Waals surface area contributed by atoms with Crippen molar-refractivity contribution in [1.82, 2.24) is 14.8 Å². The van der Waals surface area contributed by atoms with Gasteiger partial charge in [-0.25, -0.2) is 0 Å². The molecular weight excluding hydrogens is 210 g/mol. The van der Waals surface area contributed by atoms with Gasteiger partial charge in [0.2, 0.25) is 5.28 Å². The molecule has 4 heteroatoms. The summed E-state index contributed by atoms with van der Waals surface area (Å²) in [6.45, 7) is 4.14. The van der Waals surface area contributed by atoms with Crippen LogP contribution in [0.15, 0.2) is 30.3 Å². The normalized spacial score (nSPS) is 10.9. The predicted octanol–water partition coefficient (Wildman–Crippen LogP) is 3.04. The third kappa shape index (κ3) is 1.88. The van der Waals surface area contributed by atoms with Crippen molar-refractivity contribution >= 4 is 11.6 Å². The van der Waals surface area contributed by atoms with E-state index in [0.29, 0.717) is 11.2 Å². The molecule has 0 aliphatic carbocycles. The Bertz CT molecular complexity index is 448. The van der Waals surface area contributed by atoms with Gasteiger partial charge in [-0.1, -0.05) is 32.0 Å². The molecule has 0 saturated heterocycles. The first-order chi connectivity index (χ1) is 7.20. The van der Waals surface area contributed by atoms with Crippen molar-refractivity contribution in [2.45, 2.75) is 19.8 Å². The average Bonchev–Trinajstić information content (AvgIpc) is 2.61. The fourth-order valence-corrected chi connectivity index (χ4v) is 1.69. The highest BCUT2D eigenvalue weighted by Crippen LogP contribution is 2.21. The Kier molecular flexibility index (Phi) is 2.73. The summed E-state index contributed by atoms with van der Waals surface area (Å²) < 4.78 is 1.87. The summed E-state index contributed by atoms with van der Waals surface area (Å²) in [6.07, 6.45) is 0. The zero-order chi connectivity index (χ0) is 10.8. The molecule has 15 heavy (non-hydrogen) atoms. The maximum absolute atomic E-state index is 6.01. The van der Waals surface area contributed by atoms with Crippen LogP contribution in [0.3, 0.4) is 0 Å². The van der Waals surface area contributed by atoms with Crippen molar-refractivity contribution in [3.63, 3.8) is 0 Å². The summed E-state index contributed by atoms with van der Waals surface area (Å²) in [5, 5.41) is 8.37. The maximum Gasteiger partial charge on any atom is 0.229 e. The lowest BCUT2D eigenvalue weighted by molar-refractivity contribution is 0.745. The molecule has 0 unspecified atom stereocenters. The van der Waals surface area contributed by atoms with Gasteiger partial charge < -0.3 is 0 Å². The molecule has 0 bridgehead atoms. The highest BCUT2D eigenvalue weighted by molar-refractivity contribution is 6.28. The van der Waals surface area contributed by atoms with Gasteiger partial charge in [0.1, 0.15) is 5.82 Å². The summed E-state index contributed by atoms with van der Waals surface area (Å²) in [7, 11) is 0. The Morgan fingerprint density at radius 3 is 2.40 bits per heavy atom. The highest BCUT2D eigenvalue weighted by Gasteiger charge is 2.14. The minimum Gasteiger partial charge on any atom is -0.270 e. The molecule has 0 aliphatic heterocycles. The van der Waals surface area contributed by atoms with E-state index in [4.69, 9.17) is 11.6 Å². The third-order valence-electron chi connectivity index (χ3n) is 2.18. The van der Waals surface area contributed by atoms with Gasteiger partial charge in [0.15, 0.2) is 0 Å². The second-order valence-electron chi connectivity index (χ2n) is 3.65. The van der Waals surface area contributed by atoms with Gasteiger partial charge in [0, 0.05) is 11.6 Å². The molecule has 1 heterocycles. The fraction of sp³-hybridized carbons (Fsp3) is 0.273. The number of nitrogens with zero attached hydrogens (tertiary/aromatic N) is 3. The molecule has 1 aromatic carbocycles. The topological polar surface area (TPSA) is 30.7 Å². The van der Waals surface area contributed by atoms with Crippen LogP contribution in [0.5, 0.6) is 0 Å². The molecule has 0 atom stereocenters. The van der Waals surface area contributed by atoms with Gasteiger partial charge in [0.05, 0.1) is 0 Å². The van der Waals surface area contributed by atoms with Crippen molar-refractivity contribution in [2.24, 2.45) is 0 Å². The van der Waals surface area contributed by atoms with Crippen molar-refractivity contribution in [3.05, 3.63) is 41.4 Å². The van der Waals surface area contributed by atoms with Crippen LogP contribution in [0, 0.1) is 0 Å². The van der Waals surface area contributed by atoms with Crippen LogP contribution in [0.25, 0.3) is 5.69 Å². The monoisotopic (exact) mass is 221 g/mol. The first-order valence-corrected chi connectivity index (χ1v) is 5.24. The van der Waals surface area contributed by atoms with Crippen LogP contribution in [-0.2, 0) is 0 Å². The smallest absolute Gasteiger partial charge is 0.229 e. The van der Waals surface area contributed by atoms with Crippen molar-refractivity contribution in [2.75, 3.05) is 0 Å². The number of aromatic nitrogens is 3.